The van der Waals surface area contributed by atoms with Crippen LogP contribution in [0.2, 0.25) is 0 Å². The Morgan fingerprint density at radius 1 is 1.23 bits per heavy atom. The first-order chi connectivity index (χ1) is 14.1. The largest absolute Gasteiger partial charge is 0.507 e. The highest BCUT2D eigenvalue weighted by atomic mass is 19.4. The number of benzene rings is 1. The minimum atomic E-state index is -4.55. The van der Waals surface area contributed by atoms with E-state index < -0.39 is 17.5 Å². The highest BCUT2D eigenvalue weighted by Gasteiger charge is 2.32. The molecule has 1 N–H and O–H groups in total. The fourth-order valence-electron chi connectivity index (χ4n) is 3.92. The molecule has 30 heavy (non-hydrogen) atoms. The van der Waals surface area contributed by atoms with Gasteiger partial charge in [-0.15, -0.1) is 5.10 Å². The van der Waals surface area contributed by atoms with Gasteiger partial charge in [-0.05, 0) is 38.0 Å². The van der Waals surface area contributed by atoms with Gasteiger partial charge in [0.2, 0.25) is 11.6 Å². The van der Waals surface area contributed by atoms with Gasteiger partial charge in [-0.2, -0.15) is 13.2 Å². The average molecular weight is 419 g/mol. The number of hydrogen-bond donors (Lipinski definition) is 1. The van der Waals surface area contributed by atoms with Gasteiger partial charge in [-0.1, -0.05) is 0 Å². The Kier molecular flexibility index (Phi) is 4.67. The molecule has 1 fully saturated rings. The van der Waals surface area contributed by atoms with Crippen LogP contribution in [0.1, 0.15) is 35.7 Å². The van der Waals surface area contributed by atoms with Crippen LogP contribution in [-0.2, 0) is 11.0 Å². The normalized spacial score (nSPS) is 17.7. The maximum atomic E-state index is 13.0. The van der Waals surface area contributed by atoms with Crippen LogP contribution >= 0.6 is 0 Å². The van der Waals surface area contributed by atoms with E-state index in [4.69, 9.17) is 0 Å². The Morgan fingerprint density at radius 3 is 2.60 bits per heavy atom. The van der Waals surface area contributed by atoms with E-state index in [1.807, 2.05) is 6.92 Å². The number of amides is 1. The summed E-state index contributed by atoms with van der Waals surface area (Å²) in [7, 11) is 1.75. The Balaban J connectivity index is 1.76. The van der Waals surface area contributed by atoms with Gasteiger partial charge < -0.3 is 10.0 Å². The predicted octanol–water partition coefficient (Wildman–Crippen LogP) is 3.63. The summed E-state index contributed by atoms with van der Waals surface area (Å²) in [5.41, 5.74) is 1.45. The summed E-state index contributed by atoms with van der Waals surface area (Å²) in [6.07, 6.45) is -2.04. The second-order valence-corrected chi connectivity index (χ2v) is 7.61. The molecule has 1 unspecified atom stereocenters. The zero-order valence-electron chi connectivity index (χ0n) is 16.7. The monoisotopic (exact) mass is 419 g/mol. The summed E-state index contributed by atoms with van der Waals surface area (Å²) in [5, 5.41) is 14.8. The van der Waals surface area contributed by atoms with Crippen LogP contribution in [0.15, 0.2) is 18.3 Å². The van der Waals surface area contributed by atoms with Gasteiger partial charge in [0.1, 0.15) is 11.3 Å². The zero-order chi connectivity index (χ0) is 21.8. The lowest BCUT2D eigenvalue weighted by atomic mass is 10.0. The molecule has 3 heterocycles. The van der Waals surface area contributed by atoms with Crippen molar-refractivity contribution in [1.82, 2.24) is 24.6 Å². The molecule has 0 radical (unpaired) electrons. The summed E-state index contributed by atoms with van der Waals surface area (Å²) >= 11 is 0. The summed E-state index contributed by atoms with van der Waals surface area (Å²) in [6.45, 7) is 3.87. The number of phenols is 1. The van der Waals surface area contributed by atoms with Crippen LogP contribution in [0.25, 0.3) is 22.4 Å². The number of halogens is 3. The van der Waals surface area contributed by atoms with Gasteiger partial charge in [0.15, 0.2) is 0 Å². The average Bonchev–Trinajstić information content (AvgIpc) is 2.99. The van der Waals surface area contributed by atoms with E-state index in [1.54, 1.807) is 16.6 Å². The summed E-state index contributed by atoms with van der Waals surface area (Å²) in [5.74, 6) is -0.424. The maximum absolute atomic E-state index is 13.0. The highest BCUT2D eigenvalue weighted by molar-refractivity contribution is 5.79. The molecule has 2 aromatic heterocycles. The third-order valence-corrected chi connectivity index (χ3v) is 5.49. The molecule has 0 bridgehead atoms. The topological polar surface area (TPSA) is 84.1 Å². The molecule has 158 valence electrons. The number of piperidine rings is 1. The number of hydrogen-bond acceptors (Lipinski definition) is 5. The summed E-state index contributed by atoms with van der Waals surface area (Å²) < 4.78 is 40.8. The molecule has 10 heteroatoms. The number of alkyl halides is 3. The lowest BCUT2D eigenvalue weighted by Gasteiger charge is -2.30. The molecule has 0 aliphatic carbocycles. The molecular weight excluding hydrogens is 399 g/mol. The van der Waals surface area contributed by atoms with Crippen molar-refractivity contribution < 1.29 is 23.1 Å². The molecule has 1 aromatic carbocycles. The van der Waals surface area contributed by atoms with Crippen LogP contribution in [0.5, 0.6) is 5.75 Å². The number of carbonyl (C=O) groups is 1. The van der Waals surface area contributed by atoms with Crippen molar-refractivity contribution in [2.24, 2.45) is 0 Å². The Morgan fingerprint density at radius 2 is 1.97 bits per heavy atom. The quantitative estimate of drug-likeness (QED) is 0.686. The first-order valence-corrected chi connectivity index (χ1v) is 9.43. The fourth-order valence-corrected chi connectivity index (χ4v) is 3.92. The molecular formula is C20H20F3N5O2. The predicted molar refractivity (Wildman–Crippen MR) is 103 cm³/mol. The lowest BCUT2D eigenvalue weighted by molar-refractivity contribution is -0.137. The first kappa shape index (κ1) is 20.1. The number of aromatic hydroxyl groups is 1. The van der Waals surface area contributed by atoms with Crippen LogP contribution in [0, 0.1) is 13.8 Å². The van der Waals surface area contributed by atoms with Crippen LogP contribution in [0.4, 0.5) is 13.2 Å². The molecule has 1 atom stereocenters. The maximum Gasteiger partial charge on any atom is 0.416 e. The Bertz CT molecular complexity index is 1130. The highest BCUT2D eigenvalue weighted by Crippen LogP contribution is 2.38. The van der Waals surface area contributed by atoms with Gasteiger partial charge in [0.25, 0.3) is 0 Å². The van der Waals surface area contributed by atoms with E-state index in [0.717, 1.165) is 11.8 Å². The van der Waals surface area contributed by atoms with E-state index in [9.17, 15) is 23.1 Å². The van der Waals surface area contributed by atoms with Crippen molar-refractivity contribution in [3.63, 3.8) is 0 Å². The summed E-state index contributed by atoms with van der Waals surface area (Å²) in [4.78, 5) is 22.3. The van der Waals surface area contributed by atoms with Crippen molar-refractivity contribution in [2.45, 2.75) is 38.9 Å². The van der Waals surface area contributed by atoms with Gasteiger partial charge in [0, 0.05) is 25.6 Å². The van der Waals surface area contributed by atoms with E-state index in [-0.39, 0.29) is 28.8 Å². The number of likely N-dealkylation sites (N-methyl/N-ethyl adjacent to an activating group) is 1. The summed E-state index contributed by atoms with van der Waals surface area (Å²) in [6, 6.07) is 1.65. The standard InChI is InChI=1S/C20H20F3N5O2/c1-10-6-12(20(21,22)23)7-15(29)17(10)14-8-24-18-11(2)28(26-19(18)25-14)13-4-5-16(30)27(3)9-13/h6-8,13,29H,4-5,9H2,1-3H3. The molecule has 0 saturated carbocycles. The Labute approximate surface area is 170 Å². The molecule has 3 aromatic rings. The Hall–Kier alpha value is -3.17. The van der Waals surface area contributed by atoms with E-state index in [2.05, 4.69) is 15.1 Å². The third kappa shape index (κ3) is 3.35. The molecule has 1 aliphatic rings. The molecule has 1 amide bonds. The number of aryl methyl sites for hydroxylation is 2. The SMILES string of the molecule is Cc1cc(C(F)(F)F)cc(O)c1-c1cnc2c(C)n(C3CCC(=O)N(C)C3)nc2n1. The number of carbonyl (C=O) groups excluding carboxylic acids is 1. The van der Waals surface area contributed by atoms with Crippen LogP contribution in [-0.4, -0.2) is 49.3 Å². The minimum Gasteiger partial charge on any atom is -0.507 e. The number of likely N-dealkylation sites (tertiary alicyclic amines) is 1. The first-order valence-electron chi connectivity index (χ1n) is 9.43. The number of aromatic nitrogens is 4. The zero-order valence-corrected chi connectivity index (χ0v) is 16.7. The lowest BCUT2D eigenvalue weighted by Crippen LogP contribution is -2.38. The molecule has 0 spiro atoms. The van der Waals surface area contributed by atoms with E-state index in [0.29, 0.717) is 36.6 Å². The van der Waals surface area contributed by atoms with Crippen molar-refractivity contribution in [1.29, 1.82) is 0 Å². The van der Waals surface area contributed by atoms with Gasteiger partial charge in [-0.25, -0.2) is 9.97 Å². The van der Waals surface area contributed by atoms with Gasteiger partial charge in [-0.3, -0.25) is 9.48 Å². The second-order valence-electron chi connectivity index (χ2n) is 7.61. The van der Waals surface area contributed by atoms with Crippen molar-refractivity contribution in [3.05, 3.63) is 35.2 Å². The molecule has 4 rings (SSSR count). The minimum absolute atomic E-state index is 0.00615. The van der Waals surface area contributed by atoms with Crippen molar-refractivity contribution >= 4 is 17.1 Å². The van der Waals surface area contributed by atoms with Crippen molar-refractivity contribution in [2.75, 3.05) is 13.6 Å². The number of rotatable bonds is 2. The van der Waals surface area contributed by atoms with Crippen LogP contribution in [0.3, 0.4) is 0 Å². The van der Waals surface area contributed by atoms with Gasteiger partial charge in [0.05, 0.1) is 29.2 Å². The number of fused-ring (bicyclic) bond motifs is 1. The van der Waals surface area contributed by atoms with E-state index in [1.165, 1.54) is 13.1 Å². The van der Waals surface area contributed by atoms with E-state index >= 15 is 0 Å². The number of phenolic OH excluding ortho intramolecular Hbond substituents is 1. The third-order valence-electron chi connectivity index (χ3n) is 5.49. The van der Waals surface area contributed by atoms with Crippen molar-refractivity contribution in [3.8, 4) is 17.0 Å². The smallest absolute Gasteiger partial charge is 0.416 e. The molecule has 1 aliphatic heterocycles. The molecule has 1 saturated heterocycles. The fraction of sp³-hybridized carbons (Fsp3) is 0.400. The van der Waals surface area contributed by atoms with Gasteiger partial charge >= 0.3 is 6.18 Å². The second kappa shape index (κ2) is 6.96. The number of nitrogens with zero attached hydrogens (tertiary/aromatic N) is 5. The molecule has 7 nitrogen and oxygen atoms in total. The van der Waals surface area contributed by atoms with Crippen LogP contribution < -0.4 is 0 Å².